The number of non-ortho nitro benzene ring substituents is 1. The molecule has 5 nitrogen and oxygen atoms in total. The van der Waals surface area contributed by atoms with Crippen LogP contribution in [0.25, 0.3) is 0 Å². The van der Waals surface area contributed by atoms with Crippen LogP contribution >= 0.6 is 24.2 Å². The number of hydrogen-bond donors (Lipinski definition) is 0. The van der Waals surface area contributed by atoms with Gasteiger partial charge in [-0.05, 0) is 18.4 Å². The van der Waals surface area contributed by atoms with Gasteiger partial charge in [0.2, 0.25) is 0 Å². The second-order valence-electron chi connectivity index (χ2n) is 5.31. The molecule has 0 radical (unpaired) electrons. The lowest BCUT2D eigenvalue weighted by atomic mass is 10.2. The number of aliphatic imine (C=N–C) groups is 1. The maximum Gasteiger partial charge on any atom is 0.271 e. The van der Waals surface area contributed by atoms with Crippen molar-refractivity contribution >= 4 is 40.7 Å². The van der Waals surface area contributed by atoms with E-state index in [4.69, 9.17) is 0 Å². The highest BCUT2D eigenvalue weighted by atomic mass is 35.5. The van der Waals surface area contributed by atoms with Gasteiger partial charge in [-0.1, -0.05) is 31.7 Å². The van der Waals surface area contributed by atoms with Gasteiger partial charge in [-0.15, -0.1) is 12.4 Å². The second-order valence-corrected chi connectivity index (χ2v) is 6.37. The van der Waals surface area contributed by atoms with Crippen molar-refractivity contribution in [1.82, 2.24) is 4.90 Å². The zero-order valence-electron chi connectivity index (χ0n) is 12.4. The van der Waals surface area contributed by atoms with Gasteiger partial charge >= 0.3 is 0 Å². The predicted molar refractivity (Wildman–Crippen MR) is 91.0 cm³/mol. The Morgan fingerprint density at radius 1 is 1.48 bits per heavy atom. The maximum absolute atomic E-state index is 10.9. The summed E-state index contributed by atoms with van der Waals surface area (Å²) < 4.78 is 0. The van der Waals surface area contributed by atoms with Gasteiger partial charge in [0.1, 0.15) is 0 Å². The minimum atomic E-state index is -0.378. The average molecular weight is 330 g/mol. The van der Waals surface area contributed by atoms with E-state index in [0.29, 0.717) is 11.6 Å². The lowest BCUT2D eigenvalue weighted by molar-refractivity contribution is -0.384. The van der Waals surface area contributed by atoms with Crippen molar-refractivity contribution in [2.45, 2.75) is 20.8 Å². The molecule has 0 atom stereocenters. The summed E-state index contributed by atoms with van der Waals surface area (Å²) in [6, 6.07) is 4.82. The zero-order chi connectivity index (χ0) is 14.7. The summed E-state index contributed by atoms with van der Waals surface area (Å²) >= 11 is 1.72. The molecule has 1 fully saturated rings. The van der Waals surface area contributed by atoms with E-state index in [1.54, 1.807) is 23.9 Å². The van der Waals surface area contributed by atoms with Crippen molar-refractivity contribution in [3.63, 3.8) is 0 Å². The molecule has 21 heavy (non-hydrogen) atoms. The molecule has 0 aromatic heterocycles. The average Bonchev–Trinajstić information content (AvgIpc) is 2.78. The van der Waals surface area contributed by atoms with Gasteiger partial charge in [-0.2, -0.15) is 0 Å². The van der Waals surface area contributed by atoms with Crippen LogP contribution in [0.1, 0.15) is 19.4 Å². The number of hydrogen-bond acceptors (Lipinski definition) is 4. The fourth-order valence-corrected chi connectivity index (χ4v) is 3.09. The lowest BCUT2D eigenvalue weighted by Crippen LogP contribution is -2.28. The number of rotatable bonds is 4. The minimum absolute atomic E-state index is 0. The minimum Gasteiger partial charge on any atom is -0.350 e. The van der Waals surface area contributed by atoms with Crippen molar-refractivity contribution in [1.29, 1.82) is 0 Å². The summed E-state index contributed by atoms with van der Waals surface area (Å²) in [6.07, 6.45) is 0. The Bertz CT molecular complexity index is 549. The quantitative estimate of drug-likeness (QED) is 0.618. The van der Waals surface area contributed by atoms with Gasteiger partial charge in [0.25, 0.3) is 5.69 Å². The first-order chi connectivity index (χ1) is 9.47. The van der Waals surface area contributed by atoms with Crippen molar-refractivity contribution in [3.8, 4) is 0 Å². The molecule has 1 aliphatic heterocycles. The van der Waals surface area contributed by atoms with Gasteiger partial charge in [0.05, 0.1) is 10.6 Å². The molecular weight excluding hydrogens is 310 g/mol. The number of nitro groups is 1. The van der Waals surface area contributed by atoms with Crippen LogP contribution in [-0.4, -0.2) is 33.8 Å². The van der Waals surface area contributed by atoms with Crippen molar-refractivity contribution < 1.29 is 4.92 Å². The molecule has 7 heteroatoms. The zero-order valence-corrected chi connectivity index (χ0v) is 14.0. The van der Waals surface area contributed by atoms with Crippen molar-refractivity contribution in [2.75, 3.05) is 18.8 Å². The van der Waals surface area contributed by atoms with E-state index in [1.165, 1.54) is 6.07 Å². The third-order valence-corrected chi connectivity index (χ3v) is 4.06. The molecule has 1 saturated heterocycles. The number of benzene rings is 1. The number of aryl methyl sites for hydroxylation is 1. The smallest absolute Gasteiger partial charge is 0.271 e. The topological polar surface area (TPSA) is 58.7 Å². The molecule has 0 unspecified atom stereocenters. The molecule has 0 bridgehead atoms. The summed E-state index contributed by atoms with van der Waals surface area (Å²) in [5.41, 5.74) is 1.74. The summed E-state index contributed by atoms with van der Waals surface area (Å²) in [7, 11) is 0. The molecule has 1 heterocycles. The molecule has 116 valence electrons. The number of nitrogens with zero attached hydrogens (tertiary/aromatic N) is 3. The van der Waals surface area contributed by atoms with E-state index in [9.17, 15) is 10.1 Å². The van der Waals surface area contributed by atoms with Crippen molar-refractivity contribution in [2.24, 2.45) is 10.9 Å². The highest BCUT2D eigenvalue weighted by molar-refractivity contribution is 8.14. The molecular formula is C14H20ClN3O2S. The molecule has 1 aliphatic rings. The number of halogens is 1. The highest BCUT2D eigenvalue weighted by Crippen LogP contribution is 2.28. The van der Waals surface area contributed by atoms with E-state index in [0.717, 1.165) is 29.6 Å². The Morgan fingerprint density at radius 3 is 2.81 bits per heavy atom. The fraction of sp³-hybridized carbons (Fsp3) is 0.500. The van der Waals surface area contributed by atoms with Gasteiger partial charge in [-0.3, -0.25) is 10.1 Å². The standard InChI is InChI=1S/C14H19N3O2S.ClH/c1-10(2)9-16-6-7-20-14(16)15-13-8-12(17(18)19)5-4-11(13)3;/h4-5,8,10H,6-7,9H2,1-3H3;1H. The fourth-order valence-electron chi connectivity index (χ4n) is 2.08. The van der Waals surface area contributed by atoms with Gasteiger partial charge in [0, 0.05) is 31.0 Å². The molecule has 0 amide bonds. The molecule has 2 rings (SSSR count). The molecule has 0 saturated carbocycles. The van der Waals surface area contributed by atoms with Crippen LogP contribution < -0.4 is 0 Å². The van der Waals surface area contributed by atoms with E-state index >= 15 is 0 Å². The molecule has 0 aliphatic carbocycles. The van der Waals surface area contributed by atoms with E-state index in [2.05, 4.69) is 23.7 Å². The van der Waals surface area contributed by atoms with Crippen molar-refractivity contribution in [3.05, 3.63) is 33.9 Å². The van der Waals surface area contributed by atoms with Crippen LogP contribution in [0.2, 0.25) is 0 Å². The number of amidine groups is 1. The Hall–Kier alpha value is -1.27. The summed E-state index contributed by atoms with van der Waals surface area (Å²) in [5, 5.41) is 11.8. The number of thioether (sulfide) groups is 1. The van der Waals surface area contributed by atoms with Gasteiger partial charge < -0.3 is 4.90 Å². The first-order valence-corrected chi connectivity index (χ1v) is 7.67. The Labute approximate surface area is 135 Å². The number of nitro benzene ring substituents is 1. The first-order valence-electron chi connectivity index (χ1n) is 6.69. The summed E-state index contributed by atoms with van der Waals surface area (Å²) in [4.78, 5) is 17.4. The third-order valence-electron chi connectivity index (χ3n) is 3.07. The van der Waals surface area contributed by atoms with Gasteiger partial charge in [-0.25, -0.2) is 4.99 Å². The van der Waals surface area contributed by atoms with Crippen LogP contribution in [-0.2, 0) is 0 Å². The van der Waals surface area contributed by atoms with Gasteiger partial charge in [0.15, 0.2) is 5.17 Å². The van der Waals surface area contributed by atoms with E-state index in [-0.39, 0.29) is 23.0 Å². The largest absolute Gasteiger partial charge is 0.350 e. The van der Waals surface area contributed by atoms with Crippen LogP contribution in [0, 0.1) is 23.0 Å². The van der Waals surface area contributed by atoms with E-state index < -0.39 is 0 Å². The first kappa shape index (κ1) is 17.8. The Kier molecular flexibility index (Phi) is 6.48. The Morgan fingerprint density at radius 2 is 2.19 bits per heavy atom. The van der Waals surface area contributed by atoms with Crippen LogP contribution in [0.5, 0.6) is 0 Å². The maximum atomic E-state index is 10.9. The summed E-state index contributed by atoms with van der Waals surface area (Å²) in [5.74, 6) is 1.60. The predicted octanol–water partition coefficient (Wildman–Crippen LogP) is 4.02. The monoisotopic (exact) mass is 329 g/mol. The van der Waals surface area contributed by atoms with Crippen LogP contribution in [0.15, 0.2) is 23.2 Å². The normalized spacial score (nSPS) is 16.4. The third kappa shape index (κ3) is 4.61. The highest BCUT2D eigenvalue weighted by Gasteiger charge is 2.20. The van der Waals surface area contributed by atoms with E-state index in [1.807, 2.05) is 6.92 Å². The van der Waals surface area contributed by atoms with Crippen LogP contribution in [0.3, 0.4) is 0 Å². The molecule has 0 spiro atoms. The molecule has 1 aromatic carbocycles. The summed E-state index contributed by atoms with van der Waals surface area (Å²) in [6.45, 7) is 8.25. The lowest BCUT2D eigenvalue weighted by Gasteiger charge is -2.20. The Balaban J connectivity index is 0.00000220. The van der Waals surface area contributed by atoms with Crippen LogP contribution in [0.4, 0.5) is 11.4 Å². The molecule has 0 N–H and O–H groups in total. The second kappa shape index (κ2) is 7.66. The SMILES string of the molecule is Cc1ccc([N+](=O)[O-])cc1N=C1SCCN1CC(C)C.Cl. The molecule has 1 aromatic rings.